The number of carbonyl (C=O) groups excluding carboxylic acids is 1. The standard InChI is InChI=1S/C22H19N3O2S/c1-15-24-20-13-19(6-7-21(20)28-15)27-22(26)25(2)14-16-4-3-5-18(12-16)17-8-10-23-11-9-17/h3-13H,14H2,1-2H3. The van der Waals surface area contributed by atoms with Gasteiger partial charge in [-0.05, 0) is 53.9 Å². The number of hydrogen-bond donors (Lipinski definition) is 0. The van der Waals surface area contributed by atoms with Gasteiger partial charge in [-0.25, -0.2) is 9.78 Å². The van der Waals surface area contributed by atoms with E-state index in [1.165, 1.54) is 0 Å². The van der Waals surface area contributed by atoms with Crippen molar-refractivity contribution < 1.29 is 9.53 Å². The van der Waals surface area contributed by atoms with E-state index in [0.29, 0.717) is 12.3 Å². The van der Waals surface area contributed by atoms with E-state index in [9.17, 15) is 4.79 Å². The summed E-state index contributed by atoms with van der Waals surface area (Å²) < 4.78 is 6.61. The Labute approximate surface area is 167 Å². The summed E-state index contributed by atoms with van der Waals surface area (Å²) in [4.78, 5) is 22.5. The van der Waals surface area contributed by atoms with Crippen molar-refractivity contribution in [3.8, 4) is 16.9 Å². The van der Waals surface area contributed by atoms with E-state index in [2.05, 4.69) is 16.0 Å². The average Bonchev–Trinajstić information content (AvgIpc) is 3.08. The Balaban J connectivity index is 1.45. The number of benzene rings is 2. The maximum atomic E-state index is 12.5. The van der Waals surface area contributed by atoms with Crippen LogP contribution in [0.25, 0.3) is 21.3 Å². The molecule has 0 unspecified atom stereocenters. The van der Waals surface area contributed by atoms with Gasteiger partial charge in [0, 0.05) is 32.1 Å². The molecule has 140 valence electrons. The molecule has 6 heteroatoms. The molecular formula is C22H19N3O2S. The van der Waals surface area contributed by atoms with Gasteiger partial charge in [0.25, 0.3) is 0 Å². The van der Waals surface area contributed by atoms with Crippen LogP contribution in [0.5, 0.6) is 5.75 Å². The minimum atomic E-state index is -0.402. The highest BCUT2D eigenvalue weighted by Gasteiger charge is 2.13. The van der Waals surface area contributed by atoms with E-state index in [4.69, 9.17) is 4.74 Å². The molecule has 0 aliphatic rings. The van der Waals surface area contributed by atoms with Gasteiger partial charge in [0.05, 0.1) is 15.2 Å². The summed E-state index contributed by atoms with van der Waals surface area (Å²) in [6.45, 7) is 2.42. The number of aryl methyl sites for hydroxylation is 1. The summed E-state index contributed by atoms with van der Waals surface area (Å²) in [6.07, 6.45) is 3.14. The molecule has 28 heavy (non-hydrogen) atoms. The lowest BCUT2D eigenvalue weighted by Gasteiger charge is -2.17. The van der Waals surface area contributed by atoms with Gasteiger partial charge in [0.15, 0.2) is 0 Å². The second-order valence-electron chi connectivity index (χ2n) is 6.52. The van der Waals surface area contributed by atoms with Crippen molar-refractivity contribution >= 4 is 27.6 Å². The van der Waals surface area contributed by atoms with Crippen molar-refractivity contribution in [1.29, 1.82) is 0 Å². The third-order valence-corrected chi connectivity index (χ3v) is 5.30. The molecule has 5 nitrogen and oxygen atoms in total. The normalized spacial score (nSPS) is 10.8. The molecule has 1 amide bonds. The van der Waals surface area contributed by atoms with Crippen LogP contribution in [0.1, 0.15) is 10.6 Å². The van der Waals surface area contributed by atoms with E-state index in [1.807, 2.05) is 43.3 Å². The van der Waals surface area contributed by atoms with Gasteiger partial charge >= 0.3 is 6.09 Å². The molecule has 0 aliphatic carbocycles. The number of fused-ring (bicyclic) bond motifs is 1. The van der Waals surface area contributed by atoms with E-state index in [1.54, 1.807) is 47.8 Å². The molecule has 0 saturated heterocycles. The number of carbonyl (C=O) groups is 1. The molecule has 0 radical (unpaired) electrons. The first-order chi connectivity index (χ1) is 13.6. The molecule has 0 spiro atoms. The predicted molar refractivity (Wildman–Crippen MR) is 112 cm³/mol. The Bertz CT molecular complexity index is 1130. The molecule has 0 atom stereocenters. The lowest BCUT2D eigenvalue weighted by molar-refractivity contribution is 0.161. The second kappa shape index (κ2) is 7.78. The Morgan fingerprint density at radius 1 is 1.07 bits per heavy atom. The molecule has 2 heterocycles. The van der Waals surface area contributed by atoms with Crippen LogP contribution >= 0.6 is 11.3 Å². The van der Waals surface area contributed by atoms with Crippen LogP contribution in [-0.4, -0.2) is 28.0 Å². The number of aromatic nitrogens is 2. The zero-order valence-corrected chi connectivity index (χ0v) is 16.4. The maximum Gasteiger partial charge on any atom is 0.415 e. The number of pyridine rings is 1. The van der Waals surface area contributed by atoms with Crippen LogP contribution in [0.3, 0.4) is 0 Å². The van der Waals surface area contributed by atoms with Gasteiger partial charge in [-0.1, -0.05) is 18.2 Å². The highest BCUT2D eigenvalue weighted by Crippen LogP contribution is 2.26. The van der Waals surface area contributed by atoms with Gasteiger partial charge < -0.3 is 9.64 Å². The molecule has 4 rings (SSSR count). The Morgan fingerprint density at radius 2 is 1.89 bits per heavy atom. The number of rotatable bonds is 4. The first-order valence-electron chi connectivity index (χ1n) is 8.88. The molecule has 2 aromatic heterocycles. The van der Waals surface area contributed by atoms with Crippen LogP contribution in [0.15, 0.2) is 67.0 Å². The van der Waals surface area contributed by atoms with Crippen LogP contribution in [0.4, 0.5) is 4.79 Å². The van der Waals surface area contributed by atoms with Crippen LogP contribution < -0.4 is 4.74 Å². The molecule has 4 aromatic rings. The van der Waals surface area contributed by atoms with E-state index in [-0.39, 0.29) is 0 Å². The minimum Gasteiger partial charge on any atom is -0.410 e. The van der Waals surface area contributed by atoms with Gasteiger partial charge in [-0.2, -0.15) is 0 Å². The zero-order valence-electron chi connectivity index (χ0n) is 15.6. The van der Waals surface area contributed by atoms with Gasteiger partial charge in [-0.15, -0.1) is 11.3 Å². The second-order valence-corrected chi connectivity index (χ2v) is 7.76. The molecule has 0 bridgehead atoms. The summed E-state index contributed by atoms with van der Waals surface area (Å²) in [7, 11) is 1.73. The van der Waals surface area contributed by atoms with Crippen LogP contribution in [0, 0.1) is 6.92 Å². The smallest absolute Gasteiger partial charge is 0.410 e. The number of nitrogens with zero attached hydrogens (tertiary/aromatic N) is 3. The maximum absolute atomic E-state index is 12.5. The SMILES string of the molecule is Cc1nc2cc(OC(=O)N(C)Cc3cccc(-c4ccncc4)c3)ccc2s1. The summed E-state index contributed by atoms with van der Waals surface area (Å²) in [6, 6.07) is 17.6. The topological polar surface area (TPSA) is 55.3 Å². The predicted octanol–water partition coefficient (Wildman–Crippen LogP) is 5.30. The van der Waals surface area contributed by atoms with Crippen molar-refractivity contribution in [3.05, 3.63) is 77.6 Å². The van der Waals surface area contributed by atoms with E-state index in [0.717, 1.165) is 31.9 Å². The van der Waals surface area contributed by atoms with Crippen molar-refractivity contribution in [2.45, 2.75) is 13.5 Å². The number of thiazole rings is 1. The van der Waals surface area contributed by atoms with Crippen molar-refractivity contribution in [3.63, 3.8) is 0 Å². The number of hydrogen-bond acceptors (Lipinski definition) is 5. The quantitative estimate of drug-likeness (QED) is 0.475. The largest absolute Gasteiger partial charge is 0.415 e. The van der Waals surface area contributed by atoms with Crippen molar-refractivity contribution in [2.24, 2.45) is 0 Å². The Morgan fingerprint density at radius 3 is 2.71 bits per heavy atom. The molecule has 2 aromatic carbocycles. The Kier molecular flexibility index (Phi) is 5.04. The van der Waals surface area contributed by atoms with Gasteiger partial charge in [0.1, 0.15) is 5.75 Å². The monoisotopic (exact) mass is 389 g/mol. The molecule has 0 N–H and O–H groups in total. The first kappa shape index (κ1) is 18.1. The van der Waals surface area contributed by atoms with Crippen molar-refractivity contribution in [2.75, 3.05) is 7.05 Å². The fraction of sp³-hybridized carbons (Fsp3) is 0.136. The summed E-state index contributed by atoms with van der Waals surface area (Å²) >= 11 is 1.62. The minimum absolute atomic E-state index is 0.402. The van der Waals surface area contributed by atoms with E-state index < -0.39 is 6.09 Å². The molecular weight excluding hydrogens is 370 g/mol. The summed E-state index contributed by atoms with van der Waals surface area (Å²) in [5, 5.41) is 0.990. The highest BCUT2D eigenvalue weighted by molar-refractivity contribution is 7.18. The third-order valence-electron chi connectivity index (χ3n) is 4.34. The fourth-order valence-electron chi connectivity index (χ4n) is 3.00. The average molecular weight is 389 g/mol. The van der Waals surface area contributed by atoms with Gasteiger partial charge in [0.2, 0.25) is 0 Å². The van der Waals surface area contributed by atoms with Crippen LogP contribution in [0.2, 0.25) is 0 Å². The van der Waals surface area contributed by atoms with Gasteiger partial charge in [-0.3, -0.25) is 4.98 Å². The molecule has 0 saturated carbocycles. The molecule has 0 fully saturated rings. The zero-order chi connectivity index (χ0) is 19.5. The van der Waals surface area contributed by atoms with Crippen LogP contribution in [-0.2, 0) is 6.54 Å². The van der Waals surface area contributed by atoms with Crippen molar-refractivity contribution in [1.82, 2.24) is 14.9 Å². The molecule has 0 aliphatic heterocycles. The Hall–Kier alpha value is -3.25. The highest BCUT2D eigenvalue weighted by atomic mass is 32.1. The summed E-state index contributed by atoms with van der Waals surface area (Å²) in [5.41, 5.74) is 4.06. The number of ether oxygens (including phenoxy) is 1. The third kappa shape index (κ3) is 4.02. The lowest BCUT2D eigenvalue weighted by atomic mass is 10.0. The lowest BCUT2D eigenvalue weighted by Crippen LogP contribution is -2.29. The van der Waals surface area contributed by atoms with E-state index >= 15 is 0 Å². The summed E-state index contributed by atoms with van der Waals surface area (Å²) in [5.74, 6) is 0.500. The first-order valence-corrected chi connectivity index (χ1v) is 9.69. The fourth-order valence-corrected chi connectivity index (χ4v) is 3.80. The number of amides is 1.